The Morgan fingerprint density at radius 3 is 2.89 bits per heavy atom. The van der Waals surface area contributed by atoms with E-state index in [4.69, 9.17) is 9.47 Å². The molecule has 0 aliphatic heterocycles. The van der Waals surface area contributed by atoms with Crippen LogP contribution in [0.2, 0.25) is 0 Å². The zero-order chi connectivity index (χ0) is 13.4. The molecule has 4 nitrogen and oxygen atoms in total. The molecule has 0 aliphatic carbocycles. The number of amides is 1. The van der Waals surface area contributed by atoms with Crippen LogP contribution in [0.15, 0.2) is 29.2 Å². The Bertz CT molecular complexity index is 384. The third-order valence-electron chi connectivity index (χ3n) is 2.24. The Labute approximate surface area is 112 Å². The van der Waals surface area contributed by atoms with Crippen LogP contribution in [0.1, 0.15) is 6.92 Å². The van der Waals surface area contributed by atoms with Crippen LogP contribution in [-0.2, 0) is 9.53 Å². The van der Waals surface area contributed by atoms with Crippen molar-refractivity contribution >= 4 is 17.7 Å². The highest BCUT2D eigenvalue weighted by molar-refractivity contribution is 8.00. The summed E-state index contributed by atoms with van der Waals surface area (Å²) in [7, 11) is 3.25. The highest BCUT2D eigenvalue weighted by atomic mass is 32.2. The molecule has 5 heteroatoms. The lowest BCUT2D eigenvalue weighted by Crippen LogP contribution is -2.36. The summed E-state index contributed by atoms with van der Waals surface area (Å²) in [4.78, 5) is 12.7. The van der Waals surface area contributed by atoms with Crippen molar-refractivity contribution in [3.8, 4) is 5.75 Å². The van der Waals surface area contributed by atoms with Crippen molar-refractivity contribution in [2.45, 2.75) is 17.9 Å². The molecule has 1 aromatic carbocycles. The minimum Gasteiger partial charge on any atom is -0.497 e. The fraction of sp³-hybridized carbons (Fsp3) is 0.462. The quantitative estimate of drug-likeness (QED) is 0.769. The van der Waals surface area contributed by atoms with E-state index in [9.17, 15) is 4.79 Å². The molecule has 1 aromatic rings. The Morgan fingerprint density at radius 2 is 2.22 bits per heavy atom. The summed E-state index contributed by atoms with van der Waals surface area (Å²) < 4.78 is 10.1. The molecule has 1 atom stereocenters. The maximum absolute atomic E-state index is 11.6. The number of methoxy groups -OCH3 is 2. The van der Waals surface area contributed by atoms with Crippen molar-refractivity contribution in [1.82, 2.24) is 5.32 Å². The molecule has 0 fully saturated rings. The first-order valence-electron chi connectivity index (χ1n) is 5.71. The Morgan fingerprint density at radius 1 is 1.44 bits per heavy atom. The zero-order valence-corrected chi connectivity index (χ0v) is 11.8. The van der Waals surface area contributed by atoms with E-state index in [1.54, 1.807) is 14.2 Å². The Hall–Kier alpha value is -1.20. The largest absolute Gasteiger partial charge is 0.497 e. The van der Waals surface area contributed by atoms with Crippen LogP contribution in [0.3, 0.4) is 0 Å². The first kappa shape index (κ1) is 14.9. The van der Waals surface area contributed by atoms with Crippen LogP contribution in [0, 0.1) is 0 Å². The van der Waals surface area contributed by atoms with Crippen LogP contribution < -0.4 is 10.1 Å². The summed E-state index contributed by atoms with van der Waals surface area (Å²) in [6.45, 7) is 2.44. The lowest BCUT2D eigenvalue weighted by Gasteiger charge is -2.12. The van der Waals surface area contributed by atoms with Gasteiger partial charge in [0, 0.05) is 18.0 Å². The molecule has 18 heavy (non-hydrogen) atoms. The average Bonchev–Trinajstić information content (AvgIpc) is 2.37. The van der Waals surface area contributed by atoms with Gasteiger partial charge in [0.2, 0.25) is 5.91 Å². The molecule has 0 aromatic heterocycles. The molecule has 0 heterocycles. The molecule has 0 spiro atoms. The first-order chi connectivity index (χ1) is 8.65. The van der Waals surface area contributed by atoms with E-state index in [1.165, 1.54) is 11.8 Å². The Kier molecular flexibility index (Phi) is 6.60. The van der Waals surface area contributed by atoms with E-state index in [0.717, 1.165) is 10.6 Å². The molecule has 1 N–H and O–H groups in total. The summed E-state index contributed by atoms with van der Waals surface area (Å²) in [5.74, 6) is 1.20. The van der Waals surface area contributed by atoms with Gasteiger partial charge >= 0.3 is 0 Å². The van der Waals surface area contributed by atoms with E-state index in [0.29, 0.717) is 12.4 Å². The average molecular weight is 269 g/mol. The number of ether oxygens (including phenoxy) is 2. The Balaban J connectivity index is 2.37. The second-order valence-corrected chi connectivity index (χ2v) is 4.94. The monoisotopic (exact) mass is 269 g/mol. The van der Waals surface area contributed by atoms with Crippen molar-refractivity contribution in [3.05, 3.63) is 24.3 Å². The van der Waals surface area contributed by atoms with E-state index >= 15 is 0 Å². The van der Waals surface area contributed by atoms with Gasteiger partial charge in [-0.15, -0.1) is 11.8 Å². The van der Waals surface area contributed by atoms with Crippen molar-refractivity contribution in [2.24, 2.45) is 0 Å². The van der Waals surface area contributed by atoms with Crippen LogP contribution in [0.4, 0.5) is 0 Å². The SMILES string of the molecule is COC[C@H](C)NC(=O)CSc1cccc(OC)c1. The van der Waals surface area contributed by atoms with Gasteiger partial charge in [-0.2, -0.15) is 0 Å². The maximum atomic E-state index is 11.6. The van der Waals surface area contributed by atoms with Gasteiger partial charge in [-0.05, 0) is 25.1 Å². The minimum absolute atomic E-state index is 0.00682. The number of thioether (sulfide) groups is 1. The number of hydrogen-bond donors (Lipinski definition) is 1. The summed E-state index contributed by atoms with van der Waals surface area (Å²) in [5, 5.41) is 2.86. The summed E-state index contributed by atoms with van der Waals surface area (Å²) in [6, 6.07) is 7.70. The van der Waals surface area contributed by atoms with Gasteiger partial charge in [-0.1, -0.05) is 6.07 Å². The molecule has 100 valence electrons. The molecule has 0 aliphatic rings. The van der Waals surface area contributed by atoms with Crippen LogP contribution in [-0.4, -0.2) is 38.5 Å². The second kappa shape index (κ2) is 8.00. The smallest absolute Gasteiger partial charge is 0.230 e. The van der Waals surface area contributed by atoms with Crippen molar-refractivity contribution in [2.75, 3.05) is 26.6 Å². The predicted molar refractivity (Wildman–Crippen MR) is 73.2 cm³/mol. The van der Waals surface area contributed by atoms with Crippen LogP contribution >= 0.6 is 11.8 Å². The number of carbonyl (C=O) groups is 1. The van der Waals surface area contributed by atoms with E-state index in [1.807, 2.05) is 31.2 Å². The highest BCUT2D eigenvalue weighted by Gasteiger charge is 2.07. The third kappa shape index (κ3) is 5.42. The van der Waals surface area contributed by atoms with Crippen molar-refractivity contribution < 1.29 is 14.3 Å². The predicted octanol–water partition coefficient (Wildman–Crippen LogP) is 1.94. The van der Waals surface area contributed by atoms with Gasteiger partial charge in [-0.3, -0.25) is 4.79 Å². The molecule has 0 radical (unpaired) electrons. The highest BCUT2D eigenvalue weighted by Crippen LogP contribution is 2.22. The van der Waals surface area contributed by atoms with Gasteiger partial charge in [0.15, 0.2) is 0 Å². The second-order valence-electron chi connectivity index (χ2n) is 3.89. The first-order valence-corrected chi connectivity index (χ1v) is 6.69. The number of nitrogens with one attached hydrogen (secondary N) is 1. The van der Waals surface area contributed by atoms with Crippen molar-refractivity contribution in [1.29, 1.82) is 0 Å². The molecule has 0 saturated carbocycles. The topological polar surface area (TPSA) is 47.6 Å². The van der Waals surface area contributed by atoms with Gasteiger partial charge in [0.05, 0.1) is 19.5 Å². The summed E-state index contributed by atoms with van der Waals surface area (Å²) in [5.41, 5.74) is 0. The van der Waals surface area contributed by atoms with E-state index in [2.05, 4.69) is 5.32 Å². The summed E-state index contributed by atoms with van der Waals surface area (Å²) in [6.07, 6.45) is 0. The van der Waals surface area contributed by atoms with Gasteiger partial charge in [0.25, 0.3) is 0 Å². The molecular weight excluding hydrogens is 250 g/mol. The molecule has 0 saturated heterocycles. The number of rotatable bonds is 7. The summed E-state index contributed by atoms with van der Waals surface area (Å²) >= 11 is 1.49. The van der Waals surface area contributed by atoms with E-state index in [-0.39, 0.29) is 11.9 Å². The fourth-order valence-corrected chi connectivity index (χ4v) is 2.20. The number of hydrogen-bond acceptors (Lipinski definition) is 4. The van der Waals surface area contributed by atoms with E-state index < -0.39 is 0 Å². The maximum Gasteiger partial charge on any atom is 0.230 e. The molecule has 0 bridgehead atoms. The molecule has 1 amide bonds. The fourth-order valence-electron chi connectivity index (χ4n) is 1.45. The molecule has 0 unspecified atom stereocenters. The van der Waals surface area contributed by atoms with Gasteiger partial charge in [-0.25, -0.2) is 0 Å². The normalized spacial score (nSPS) is 11.9. The molecule has 1 rings (SSSR count). The molecular formula is C13H19NO3S. The van der Waals surface area contributed by atoms with Crippen molar-refractivity contribution in [3.63, 3.8) is 0 Å². The lowest BCUT2D eigenvalue weighted by molar-refractivity contribution is -0.119. The lowest BCUT2D eigenvalue weighted by atomic mass is 10.3. The van der Waals surface area contributed by atoms with Gasteiger partial charge in [0.1, 0.15) is 5.75 Å². The van der Waals surface area contributed by atoms with Crippen LogP contribution in [0.5, 0.6) is 5.75 Å². The van der Waals surface area contributed by atoms with Crippen LogP contribution in [0.25, 0.3) is 0 Å². The number of carbonyl (C=O) groups excluding carboxylic acids is 1. The minimum atomic E-state index is 0.00682. The third-order valence-corrected chi connectivity index (χ3v) is 3.23. The zero-order valence-electron chi connectivity index (χ0n) is 10.9. The number of benzene rings is 1. The van der Waals surface area contributed by atoms with Gasteiger partial charge < -0.3 is 14.8 Å². The standard InChI is InChI=1S/C13H19NO3S/c1-10(8-16-2)14-13(15)9-18-12-6-4-5-11(7-12)17-3/h4-7,10H,8-9H2,1-3H3,(H,14,15)/t10-/m0/s1.